The standard InChI is InChI=1S/C23H30O3/c1-22(2,3)15-19(23(4,5)6)21(25)26-20-13-12-17(24)14-18(20)16-10-8-7-9-11-16/h7-14,19,24H,15H2,1-6H3. The summed E-state index contributed by atoms with van der Waals surface area (Å²) in [6.45, 7) is 12.6. The topological polar surface area (TPSA) is 46.5 Å². The van der Waals surface area contributed by atoms with Crippen molar-refractivity contribution in [1.29, 1.82) is 0 Å². The molecule has 1 unspecified atom stereocenters. The summed E-state index contributed by atoms with van der Waals surface area (Å²) in [4.78, 5) is 13.0. The highest BCUT2D eigenvalue weighted by Gasteiger charge is 2.36. The van der Waals surface area contributed by atoms with Crippen LogP contribution in [0.4, 0.5) is 0 Å². The molecule has 0 fully saturated rings. The minimum absolute atomic E-state index is 0.0220. The van der Waals surface area contributed by atoms with Crippen molar-refractivity contribution in [2.24, 2.45) is 16.7 Å². The fraction of sp³-hybridized carbons (Fsp3) is 0.435. The molecule has 0 aliphatic carbocycles. The van der Waals surface area contributed by atoms with Gasteiger partial charge in [0.25, 0.3) is 0 Å². The van der Waals surface area contributed by atoms with Gasteiger partial charge in [-0.15, -0.1) is 0 Å². The molecule has 0 heterocycles. The van der Waals surface area contributed by atoms with E-state index in [0.717, 1.165) is 12.0 Å². The molecule has 0 spiro atoms. The molecule has 0 bridgehead atoms. The number of rotatable bonds is 4. The zero-order valence-electron chi connectivity index (χ0n) is 16.7. The largest absolute Gasteiger partial charge is 0.508 e. The maximum absolute atomic E-state index is 13.0. The van der Waals surface area contributed by atoms with E-state index in [2.05, 4.69) is 41.5 Å². The van der Waals surface area contributed by atoms with Gasteiger partial charge in [0.15, 0.2) is 0 Å². The van der Waals surface area contributed by atoms with Gasteiger partial charge in [-0.3, -0.25) is 4.79 Å². The normalized spacial score (nSPS) is 13.3. The van der Waals surface area contributed by atoms with E-state index >= 15 is 0 Å². The highest BCUT2D eigenvalue weighted by Crippen LogP contribution is 2.39. The summed E-state index contributed by atoms with van der Waals surface area (Å²) in [5.41, 5.74) is 1.43. The number of phenolic OH excluding ortho intramolecular Hbond substituents is 1. The Morgan fingerprint density at radius 3 is 2.15 bits per heavy atom. The number of ether oxygens (including phenoxy) is 1. The van der Waals surface area contributed by atoms with Gasteiger partial charge in [-0.05, 0) is 41.0 Å². The van der Waals surface area contributed by atoms with Crippen LogP contribution in [0.2, 0.25) is 0 Å². The number of hydrogen-bond acceptors (Lipinski definition) is 3. The molecule has 0 saturated carbocycles. The van der Waals surface area contributed by atoms with E-state index < -0.39 is 0 Å². The van der Waals surface area contributed by atoms with Crippen molar-refractivity contribution in [1.82, 2.24) is 0 Å². The smallest absolute Gasteiger partial charge is 0.314 e. The van der Waals surface area contributed by atoms with Crippen molar-refractivity contribution < 1.29 is 14.6 Å². The van der Waals surface area contributed by atoms with E-state index in [4.69, 9.17) is 4.74 Å². The second kappa shape index (κ2) is 7.53. The van der Waals surface area contributed by atoms with Crippen LogP contribution in [-0.4, -0.2) is 11.1 Å². The summed E-state index contributed by atoms with van der Waals surface area (Å²) in [5.74, 6) is 0.170. The Bertz CT molecular complexity index is 749. The lowest BCUT2D eigenvalue weighted by atomic mass is 9.72. The lowest BCUT2D eigenvalue weighted by Gasteiger charge is -2.33. The first-order valence-corrected chi connectivity index (χ1v) is 9.07. The molecule has 0 aliphatic heterocycles. The minimum atomic E-state index is -0.227. The maximum atomic E-state index is 13.0. The van der Waals surface area contributed by atoms with Crippen LogP contribution < -0.4 is 4.74 Å². The predicted molar refractivity (Wildman–Crippen MR) is 106 cm³/mol. The quantitative estimate of drug-likeness (QED) is 0.536. The molecule has 0 amide bonds. The fourth-order valence-corrected chi connectivity index (χ4v) is 2.99. The Morgan fingerprint density at radius 1 is 1.00 bits per heavy atom. The van der Waals surface area contributed by atoms with Gasteiger partial charge in [-0.1, -0.05) is 71.9 Å². The number of esters is 1. The number of hydrogen-bond donors (Lipinski definition) is 1. The van der Waals surface area contributed by atoms with E-state index in [1.165, 1.54) is 0 Å². The summed E-state index contributed by atoms with van der Waals surface area (Å²) >= 11 is 0. The van der Waals surface area contributed by atoms with Gasteiger partial charge >= 0.3 is 5.97 Å². The summed E-state index contributed by atoms with van der Waals surface area (Å²) in [7, 11) is 0. The Balaban J connectivity index is 2.36. The van der Waals surface area contributed by atoms with Gasteiger partial charge in [0.2, 0.25) is 0 Å². The maximum Gasteiger partial charge on any atom is 0.314 e. The lowest BCUT2D eigenvalue weighted by molar-refractivity contribution is -0.144. The van der Waals surface area contributed by atoms with Crippen molar-refractivity contribution >= 4 is 5.97 Å². The average molecular weight is 354 g/mol. The van der Waals surface area contributed by atoms with Crippen molar-refractivity contribution in [3.05, 3.63) is 48.5 Å². The number of benzene rings is 2. The third-order valence-corrected chi connectivity index (χ3v) is 4.40. The molecule has 1 atom stereocenters. The highest BCUT2D eigenvalue weighted by molar-refractivity contribution is 5.80. The molecule has 0 aliphatic rings. The average Bonchev–Trinajstić information content (AvgIpc) is 2.53. The molecule has 3 heteroatoms. The van der Waals surface area contributed by atoms with Crippen LogP contribution in [0, 0.1) is 16.7 Å². The highest BCUT2D eigenvalue weighted by atomic mass is 16.5. The van der Waals surface area contributed by atoms with Crippen LogP contribution >= 0.6 is 0 Å². The molecular weight excluding hydrogens is 324 g/mol. The fourth-order valence-electron chi connectivity index (χ4n) is 2.99. The molecule has 140 valence electrons. The van der Waals surface area contributed by atoms with Crippen LogP contribution in [-0.2, 0) is 4.79 Å². The van der Waals surface area contributed by atoms with Crippen LogP contribution in [0.5, 0.6) is 11.5 Å². The molecule has 3 nitrogen and oxygen atoms in total. The number of carbonyl (C=O) groups excluding carboxylic acids is 1. The van der Waals surface area contributed by atoms with E-state index in [9.17, 15) is 9.90 Å². The van der Waals surface area contributed by atoms with E-state index in [1.807, 2.05) is 30.3 Å². The third kappa shape index (κ3) is 5.35. The van der Waals surface area contributed by atoms with Crippen molar-refractivity contribution in [2.75, 3.05) is 0 Å². The van der Waals surface area contributed by atoms with E-state index in [0.29, 0.717) is 11.3 Å². The Labute approximate surface area is 157 Å². The number of carbonyl (C=O) groups is 1. The first kappa shape index (κ1) is 20.0. The van der Waals surface area contributed by atoms with Gasteiger partial charge in [-0.2, -0.15) is 0 Å². The monoisotopic (exact) mass is 354 g/mol. The van der Waals surface area contributed by atoms with E-state index in [1.54, 1.807) is 18.2 Å². The first-order chi connectivity index (χ1) is 12.0. The van der Waals surface area contributed by atoms with Crippen LogP contribution in [0.1, 0.15) is 48.0 Å². The van der Waals surface area contributed by atoms with Crippen molar-refractivity contribution in [3.8, 4) is 22.6 Å². The molecule has 0 radical (unpaired) electrons. The summed E-state index contributed by atoms with van der Waals surface area (Å²) in [5, 5.41) is 9.88. The number of phenols is 1. The molecule has 2 aromatic rings. The Hall–Kier alpha value is -2.29. The third-order valence-electron chi connectivity index (χ3n) is 4.40. The molecule has 2 aromatic carbocycles. The first-order valence-electron chi connectivity index (χ1n) is 9.07. The zero-order chi connectivity index (χ0) is 19.5. The molecule has 1 N–H and O–H groups in total. The molecular formula is C23H30O3. The molecule has 26 heavy (non-hydrogen) atoms. The second-order valence-corrected chi connectivity index (χ2v) is 9.15. The minimum Gasteiger partial charge on any atom is -0.508 e. The predicted octanol–water partition coefficient (Wildman–Crippen LogP) is 6.06. The van der Waals surface area contributed by atoms with Gasteiger partial charge in [-0.25, -0.2) is 0 Å². The van der Waals surface area contributed by atoms with Crippen molar-refractivity contribution in [2.45, 2.75) is 48.0 Å². The second-order valence-electron chi connectivity index (χ2n) is 9.15. The molecule has 2 rings (SSSR count). The van der Waals surface area contributed by atoms with Crippen molar-refractivity contribution in [3.63, 3.8) is 0 Å². The summed E-state index contributed by atoms with van der Waals surface area (Å²) in [6, 6.07) is 14.5. The SMILES string of the molecule is CC(C)(C)CC(C(=O)Oc1ccc(O)cc1-c1ccccc1)C(C)(C)C. The van der Waals surface area contributed by atoms with Gasteiger partial charge in [0, 0.05) is 5.56 Å². The lowest BCUT2D eigenvalue weighted by Crippen LogP contribution is -2.35. The van der Waals surface area contributed by atoms with Crippen LogP contribution in [0.3, 0.4) is 0 Å². The van der Waals surface area contributed by atoms with Gasteiger partial charge in [0.1, 0.15) is 11.5 Å². The van der Waals surface area contributed by atoms with E-state index in [-0.39, 0.29) is 28.5 Å². The van der Waals surface area contributed by atoms with Gasteiger partial charge in [0.05, 0.1) is 5.92 Å². The molecule has 0 aromatic heterocycles. The van der Waals surface area contributed by atoms with Gasteiger partial charge < -0.3 is 9.84 Å². The zero-order valence-corrected chi connectivity index (χ0v) is 16.7. The summed E-state index contributed by atoms with van der Waals surface area (Å²) < 4.78 is 5.84. The summed E-state index contributed by atoms with van der Waals surface area (Å²) in [6.07, 6.45) is 0.744. The van der Waals surface area contributed by atoms with Crippen LogP contribution in [0.25, 0.3) is 11.1 Å². The van der Waals surface area contributed by atoms with Crippen LogP contribution in [0.15, 0.2) is 48.5 Å². The Kier molecular flexibility index (Phi) is 5.80. The molecule has 0 saturated heterocycles. The number of aromatic hydroxyl groups is 1. The Morgan fingerprint density at radius 2 is 1.62 bits per heavy atom.